The lowest BCUT2D eigenvalue weighted by Gasteiger charge is -2.50. The number of nitrogens with one attached hydrogen (secondary N) is 1. The van der Waals surface area contributed by atoms with Crippen molar-refractivity contribution in [2.75, 3.05) is 0 Å². The second-order valence-electron chi connectivity index (χ2n) is 10.1. The van der Waals surface area contributed by atoms with Gasteiger partial charge in [-0.1, -0.05) is 68.5 Å². The molecule has 0 aromatic carbocycles. The van der Waals surface area contributed by atoms with Gasteiger partial charge in [-0.3, -0.25) is 0 Å². The lowest BCUT2D eigenvalue weighted by molar-refractivity contribution is 0.203. The summed E-state index contributed by atoms with van der Waals surface area (Å²) in [5, 5.41) is 3.96. The van der Waals surface area contributed by atoms with E-state index in [2.05, 4.69) is 73.8 Å². The van der Waals surface area contributed by atoms with Crippen LogP contribution in [-0.2, 0) is 0 Å². The van der Waals surface area contributed by atoms with E-state index < -0.39 is 0 Å². The topological polar surface area (TPSA) is 12.0 Å². The van der Waals surface area contributed by atoms with E-state index in [1.807, 2.05) is 0 Å². The molecule has 5 atom stereocenters. The van der Waals surface area contributed by atoms with Crippen molar-refractivity contribution in [1.82, 2.24) is 5.32 Å². The highest BCUT2D eigenvalue weighted by molar-refractivity contribution is 5.40. The minimum atomic E-state index is 0.243. The van der Waals surface area contributed by atoms with Gasteiger partial charge in [0.15, 0.2) is 0 Å². The van der Waals surface area contributed by atoms with Crippen LogP contribution in [0.4, 0.5) is 0 Å². The molecule has 0 amide bonds. The minimum Gasteiger partial charge on any atom is -0.382 e. The van der Waals surface area contributed by atoms with Crippen molar-refractivity contribution in [3.8, 4) is 0 Å². The second-order valence-corrected chi connectivity index (χ2v) is 10.1. The summed E-state index contributed by atoms with van der Waals surface area (Å²) in [6, 6.07) is 0.471. The summed E-state index contributed by atoms with van der Waals surface area (Å²) in [7, 11) is 0. The molecule has 0 aromatic rings. The van der Waals surface area contributed by atoms with Crippen LogP contribution < -0.4 is 5.32 Å². The molecule has 5 unspecified atom stereocenters. The van der Waals surface area contributed by atoms with E-state index in [-0.39, 0.29) is 5.41 Å². The molecule has 4 aliphatic carbocycles. The Morgan fingerprint density at radius 3 is 2.75 bits per heavy atom. The lowest BCUT2D eigenvalue weighted by Crippen LogP contribution is -2.50. The van der Waals surface area contributed by atoms with Gasteiger partial charge in [-0.05, 0) is 73.3 Å². The fourth-order valence-corrected chi connectivity index (χ4v) is 6.33. The summed E-state index contributed by atoms with van der Waals surface area (Å²) in [5.41, 5.74) is 5.09. The number of hydrogen-bond acceptors (Lipinski definition) is 1. The van der Waals surface area contributed by atoms with E-state index in [9.17, 15) is 0 Å². The standard InChI is InChI=1S/C27H35N/c1-27(2)23-17-21(19-9-5-3-6-10-19)13-15-25(23)28-26-16-14-22(18-24(26)27)20-11-7-4-8-12-20/h3,5-7,9,11,14,16,18-21,24,26,28H,4,8,10,12-13,15,17H2,1-2H3. The zero-order chi connectivity index (χ0) is 19.1. The van der Waals surface area contributed by atoms with Gasteiger partial charge in [-0.2, -0.15) is 0 Å². The first-order valence-corrected chi connectivity index (χ1v) is 11.5. The SMILES string of the molecule is CC1(C)C2=C(CCC(C3C=CC=CC3)C2)NC2C=CC(C3C=CCCC3)=CC21. The minimum absolute atomic E-state index is 0.243. The molecule has 28 heavy (non-hydrogen) atoms. The van der Waals surface area contributed by atoms with Crippen molar-refractivity contribution in [3.63, 3.8) is 0 Å². The molecule has 1 nitrogen and oxygen atoms in total. The molecule has 1 N–H and O–H groups in total. The van der Waals surface area contributed by atoms with Gasteiger partial charge in [0, 0.05) is 17.5 Å². The van der Waals surface area contributed by atoms with Gasteiger partial charge in [-0.15, -0.1) is 0 Å². The van der Waals surface area contributed by atoms with Crippen LogP contribution in [0.5, 0.6) is 0 Å². The van der Waals surface area contributed by atoms with Crippen LogP contribution in [0, 0.1) is 29.1 Å². The average Bonchev–Trinajstić information content (AvgIpc) is 2.75. The fraction of sp³-hybridized carbons (Fsp3) is 0.556. The zero-order valence-electron chi connectivity index (χ0n) is 17.5. The number of fused-ring (bicyclic) bond motifs is 1. The van der Waals surface area contributed by atoms with Crippen LogP contribution in [0.25, 0.3) is 0 Å². The van der Waals surface area contributed by atoms with E-state index in [1.54, 1.807) is 16.8 Å². The highest BCUT2D eigenvalue weighted by Crippen LogP contribution is 2.52. The van der Waals surface area contributed by atoms with Gasteiger partial charge >= 0.3 is 0 Å². The van der Waals surface area contributed by atoms with E-state index >= 15 is 0 Å². The third-order valence-corrected chi connectivity index (χ3v) is 8.10. The molecular formula is C27H35N. The van der Waals surface area contributed by atoms with Crippen LogP contribution >= 0.6 is 0 Å². The Labute approximate surface area is 171 Å². The first-order chi connectivity index (χ1) is 13.6. The maximum Gasteiger partial charge on any atom is 0.0515 e. The Morgan fingerprint density at radius 2 is 1.96 bits per heavy atom. The van der Waals surface area contributed by atoms with Gasteiger partial charge in [0.05, 0.1) is 6.04 Å². The summed E-state index contributed by atoms with van der Waals surface area (Å²) in [6.45, 7) is 5.04. The molecule has 0 aromatic heterocycles. The van der Waals surface area contributed by atoms with Crippen LogP contribution in [0.2, 0.25) is 0 Å². The molecule has 1 aliphatic heterocycles. The monoisotopic (exact) mass is 373 g/mol. The highest BCUT2D eigenvalue weighted by Gasteiger charge is 2.45. The largest absolute Gasteiger partial charge is 0.382 e. The van der Waals surface area contributed by atoms with Crippen LogP contribution in [0.1, 0.15) is 58.8 Å². The summed E-state index contributed by atoms with van der Waals surface area (Å²) >= 11 is 0. The third-order valence-electron chi connectivity index (χ3n) is 8.10. The maximum absolute atomic E-state index is 3.96. The molecule has 1 heterocycles. The van der Waals surface area contributed by atoms with Crippen molar-refractivity contribution in [1.29, 1.82) is 0 Å². The van der Waals surface area contributed by atoms with Crippen LogP contribution in [0.3, 0.4) is 0 Å². The molecular weight excluding hydrogens is 338 g/mol. The smallest absolute Gasteiger partial charge is 0.0515 e. The number of rotatable bonds is 2. The average molecular weight is 374 g/mol. The zero-order valence-corrected chi connectivity index (χ0v) is 17.5. The Morgan fingerprint density at radius 1 is 1.04 bits per heavy atom. The Balaban J connectivity index is 1.41. The quantitative estimate of drug-likeness (QED) is 0.535. The Kier molecular flexibility index (Phi) is 4.73. The summed E-state index contributed by atoms with van der Waals surface area (Å²) < 4.78 is 0. The predicted octanol–water partition coefficient (Wildman–Crippen LogP) is 6.64. The van der Waals surface area contributed by atoms with Crippen molar-refractivity contribution < 1.29 is 0 Å². The number of allylic oxidation sites excluding steroid dienone is 10. The third kappa shape index (κ3) is 3.17. The molecule has 0 saturated carbocycles. The highest BCUT2D eigenvalue weighted by atomic mass is 15.0. The Bertz CT molecular complexity index is 800. The van der Waals surface area contributed by atoms with Gasteiger partial charge in [-0.25, -0.2) is 0 Å². The summed E-state index contributed by atoms with van der Waals surface area (Å²) in [5.74, 6) is 2.75. The second kappa shape index (κ2) is 7.25. The molecule has 0 fully saturated rings. The van der Waals surface area contributed by atoms with Crippen LogP contribution in [-0.4, -0.2) is 6.04 Å². The van der Waals surface area contributed by atoms with E-state index in [0.29, 0.717) is 17.9 Å². The molecule has 5 aliphatic rings. The Hall–Kier alpha value is -1.76. The van der Waals surface area contributed by atoms with Crippen molar-refractivity contribution in [2.24, 2.45) is 29.1 Å². The normalized spacial score (nSPS) is 38.5. The maximum atomic E-state index is 3.96. The molecule has 0 radical (unpaired) electrons. The summed E-state index contributed by atoms with van der Waals surface area (Å²) in [4.78, 5) is 0. The van der Waals surface area contributed by atoms with Gasteiger partial charge < -0.3 is 5.32 Å². The van der Waals surface area contributed by atoms with Gasteiger partial charge in [0.1, 0.15) is 0 Å². The first kappa shape index (κ1) is 18.3. The van der Waals surface area contributed by atoms with E-state index in [1.165, 1.54) is 44.9 Å². The van der Waals surface area contributed by atoms with Gasteiger partial charge in [0.2, 0.25) is 0 Å². The molecule has 0 saturated heterocycles. The molecule has 148 valence electrons. The van der Waals surface area contributed by atoms with Crippen molar-refractivity contribution in [3.05, 3.63) is 71.5 Å². The lowest BCUT2D eigenvalue weighted by atomic mass is 9.60. The predicted molar refractivity (Wildman–Crippen MR) is 119 cm³/mol. The van der Waals surface area contributed by atoms with Crippen LogP contribution in [0.15, 0.2) is 71.5 Å². The molecule has 0 spiro atoms. The molecule has 5 rings (SSSR count). The van der Waals surface area contributed by atoms with E-state index in [0.717, 1.165) is 11.8 Å². The fourth-order valence-electron chi connectivity index (χ4n) is 6.33. The summed E-state index contributed by atoms with van der Waals surface area (Å²) in [6.07, 6.45) is 30.6. The van der Waals surface area contributed by atoms with Crippen molar-refractivity contribution >= 4 is 0 Å². The van der Waals surface area contributed by atoms with Gasteiger partial charge in [0.25, 0.3) is 0 Å². The number of hydrogen-bond donors (Lipinski definition) is 1. The van der Waals surface area contributed by atoms with Crippen molar-refractivity contribution in [2.45, 2.75) is 64.8 Å². The molecule has 1 heteroatoms. The van der Waals surface area contributed by atoms with E-state index in [4.69, 9.17) is 0 Å². The molecule has 0 bridgehead atoms. The first-order valence-electron chi connectivity index (χ1n) is 11.5.